The first-order valence-corrected chi connectivity index (χ1v) is 9.70. The van der Waals surface area contributed by atoms with Crippen LogP contribution in [0.15, 0.2) is 75.1 Å². The molecule has 0 aliphatic carbocycles. The molecule has 26 heavy (non-hydrogen) atoms. The van der Waals surface area contributed by atoms with E-state index in [2.05, 4.69) is 39.2 Å². The van der Waals surface area contributed by atoms with Gasteiger partial charge in [0.25, 0.3) is 5.01 Å². The van der Waals surface area contributed by atoms with Crippen LogP contribution in [0, 0.1) is 0 Å². The maximum absolute atomic E-state index is 12.7. The van der Waals surface area contributed by atoms with E-state index in [1.165, 1.54) is 11.0 Å². The minimum absolute atomic E-state index is 0.0415. The lowest BCUT2D eigenvalue weighted by atomic mass is 10.1. The van der Waals surface area contributed by atoms with Gasteiger partial charge < -0.3 is 4.42 Å². The van der Waals surface area contributed by atoms with Crippen LogP contribution in [-0.2, 0) is 6.54 Å². The molecule has 0 saturated heterocycles. The van der Waals surface area contributed by atoms with Gasteiger partial charge in [0, 0.05) is 16.6 Å². The number of nitrogens with zero attached hydrogens (tertiary/aromatic N) is 1. The maximum atomic E-state index is 12.7. The molecule has 3 nitrogen and oxygen atoms in total. The number of hydrogen-bond acceptors (Lipinski definition) is 3. The summed E-state index contributed by atoms with van der Waals surface area (Å²) in [5.74, 6) is 0. The van der Waals surface area contributed by atoms with Crippen LogP contribution >= 0.6 is 27.3 Å². The lowest BCUT2D eigenvalue weighted by Crippen LogP contribution is -2.33. The first-order chi connectivity index (χ1) is 12.7. The van der Waals surface area contributed by atoms with E-state index in [1.54, 1.807) is 23.5 Å². The van der Waals surface area contributed by atoms with E-state index in [-0.39, 0.29) is 5.43 Å². The predicted octanol–water partition coefficient (Wildman–Crippen LogP) is 5.41. The number of thiazole rings is 1. The Morgan fingerprint density at radius 3 is 2.88 bits per heavy atom. The van der Waals surface area contributed by atoms with Crippen molar-refractivity contribution in [1.82, 2.24) is 0 Å². The van der Waals surface area contributed by atoms with Gasteiger partial charge in [-0.05, 0) is 36.4 Å². The molecule has 4 aromatic rings. The van der Waals surface area contributed by atoms with Gasteiger partial charge in [-0.15, -0.1) is 0 Å². The van der Waals surface area contributed by atoms with Crippen LogP contribution in [0.1, 0.15) is 10.6 Å². The van der Waals surface area contributed by atoms with Crippen molar-refractivity contribution in [2.45, 2.75) is 6.54 Å². The molecule has 128 valence electrons. The van der Waals surface area contributed by atoms with Gasteiger partial charge >= 0.3 is 0 Å². The predicted molar refractivity (Wildman–Crippen MR) is 111 cm³/mol. The number of hydrogen-bond donors (Lipinski definition) is 0. The average Bonchev–Trinajstić information content (AvgIpc) is 3.00. The lowest BCUT2D eigenvalue weighted by Gasteiger charge is -1.99. The molecule has 0 radical (unpaired) electrons. The summed E-state index contributed by atoms with van der Waals surface area (Å²) in [6.45, 7) is 4.56. The second-order valence-electron chi connectivity index (χ2n) is 5.80. The van der Waals surface area contributed by atoms with Crippen LogP contribution in [0.25, 0.3) is 33.3 Å². The van der Waals surface area contributed by atoms with Gasteiger partial charge in [-0.1, -0.05) is 46.0 Å². The highest BCUT2D eigenvalue weighted by molar-refractivity contribution is 9.10. The Balaban J connectivity index is 1.81. The fourth-order valence-electron chi connectivity index (χ4n) is 2.89. The van der Waals surface area contributed by atoms with Crippen molar-refractivity contribution in [1.29, 1.82) is 0 Å². The van der Waals surface area contributed by atoms with Crippen LogP contribution in [0.4, 0.5) is 0 Å². The number of benzene rings is 2. The molecule has 0 atom stereocenters. The Bertz CT molecular complexity index is 1220. The topological polar surface area (TPSA) is 34.1 Å². The summed E-state index contributed by atoms with van der Waals surface area (Å²) in [4.78, 5) is 12.7. The summed E-state index contributed by atoms with van der Waals surface area (Å²) < 4.78 is 9.85. The molecule has 0 aliphatic heterocycles. The molecule has 0 aliphatic rings. The summed E-state index contributed by atoms with van der Waals surface area (Å²) in [6.07, 6.45) is 7.17. The molecule has 0 fully saturated rings. The highest BCUT2D eigenvalue weighted by atomic mass is 79.9. The average molecular weight is 425 g/mol. The van der Waals surface area contributed by atoms with Gasteiger partial charge in [-0.3, -0.25) is 4.79 Å². The fourth-order valence-corrected chi connectivity index (χ4v) is 4.32. The van der Waals surface area contributed by atoms with E-state index in [1.807, 2.05) is 36.4 Å². The zero-order chi connectivity index (χ0) is 18.1. The van der Waals surface area contributed by atoms with E-state index < -0.39 is 0 Å². The number of fused-ring (bicyclic) bond motifs is 2. The third-order valence-corrected chi connectivity index (χ3v) is 5.74. The molecule has 5 heteroatoms. The Morgan fingerprint density at radius 1 is 1.19 bits per heavy atom. The van der Waals surface area contributed by atoms with Crippen LogP contribution < -0.4 is 10.00 Å². The van der Waals surface area contributed by atoms with Crippen molar-refractivity contribution in [2.24, 2.45) is 0 Å². The third-order valence-electron chi connectivity index (χ3n) is 4.12. The van der Waals surface area contributed by atoms with Gasteiger partial charge in [0.15, 0.2) is 12.0 Å². The minimum Gasteiger partial charge on any atom is -0.463 e. The van der Waals surface area contributed by atoms with Gasteiger partial charge in [-0.25, -0.2) is 0 Å². The van der Waals surface area contributed by atoms with Gasteiger partial charge in [0.05, 0.1) is 10.9 Å². The largest absolute Gasteiger partial charge is 0.463 e. The SMILES string of the molecule is C=CC[n+]1c(C=Cc2coc3ccc(Br)cc3c2=O)sc2ccccc21. The molecule has 2 heterocycles. The first kappa shape index (κ1) is 16.9. The number of rotatable bonds is 4. The van der Waals surface area contributed by atoms with Crippen molar-refractivity contribution < 1.29 is 8.98 Å². The van der Waals surface area contributed by atoms with Crippen molar-refractivity contribution in [2.75, 3.05) is 0 Å². The van der Waals surface area contributed by atoms with Crippen molar-refractivity contribution in [3.05, 3.63) is 86.6 Å². The van der Waals surface area contributed by atoms with Crippen LogP contribution in [0.2, 0.25) is 0 Å². The second-order valence-corrected chi connectivity index (χ2v) is 7.78. The Hall–Kier alpha value is -2.50. The molecule has 0 amide bonds. The Morgan fingerprint density at radius 2 is 2.04 bits per heavy atom. The molecule has 4 rings (SSSR count). The van der Waals surface area contributed by atoms with E-state index >= 15 is 0 Å². The minimum atomic E-state index is -0.0415. The quantitative estimate of drug-likeness (QED) is 0.324. The second kappa shape index (κ2) is 7.02. The molecule has 2 aromatic heterocycles. The summed E-state index contributed by atoms with van der Waals surface area (Å²) in [5.41, 5.74) is 2.23. The molecule has 0 unspecified atom stereocenters. The normalized spacial score (nSPS) is 11.6. The number of aromatic nitrogens is 1. The number of halogens is 1. The Labute approximate surface area is 162 Å². The smallest absolute Gasteiger partial charge is 0.263 e. The van der Waals surface area contributed by atoms with Gasteiger partial charge in [0.1, 0.15) is 16.5 Å². The van der Waals surface area contributed by atoms with Crippen LogP contribution in [0.5, 0.6) is 0 Å². The molecule has 0 spiro atoms. The molecular formula is C21H15BrNO2S+. The van der Waals surface area contributed by atoms with E-state index in [0.717, 1.165) is 15.0 Å². The zero-order valence-corrected chi connectivity index (χ0v) is 16.2. The molecule has 0 saturated carbocycles. The summed E-state index contributed by atoms with van der Waals surface area (Å²) in [7, 11) is 0. The van der Waals surface area contributed by atoms with E-state index in [4.69, 9.17) is 4.42 Å². The maximum Gasteiger partial charge on any atom is 0.263 e. The lowest BCUT2D eigenvalue weighted by molar-refractivity contribution is -0.658. The summed E-state index contributed by atoms with van der Waals surface area (Å²) in [6, 6.07) is 13.7. The van der Waals surface area contributed by atoms with Crippen molar-refractivity contribution in [3.63, 3.8) is 0 Å². The summed E-state index contributed by atoms with van der Waals surface area (Å²) in [5, 5.41) is 1.62. The summed E-state index contributed by atoms with van der Waals surface area (Å²) >= 11 is 5.09. The van der Waals surface area contributed by atoms with Crippen LogP contribution in [0.3, 0.4) is 0 Å². The zero-order valence-electron chi connectivity index (χ0n) is 13.8. The molecular weight excluding hydrogens is 410 g/mol. The third kappa shape index (κ3) is 3.04. The van der Waals surface area contributed by atoms with Gasteiger partial charge in [-0.2, -0.15) is 4.57 Å². The van der Waals surface area contributed by atoms with Crippen molar-refractivity contribution >= 4 is 60.6 Å². The molecule has 0 N–H and O–H groups in total. The fraction of sp³-hybridized carbons (Fsp3) is 0.0476. The monoisotopic (exact) mass is 424 g/mol. The van der Waals surface area contributed by atoms with E-state index in [0.29, 0.717) is 23.1 Å². The first-order valence-electron chi connectivity index (χ1n) is 8.09. The molecule has 2 aromatic carbocycles. The number of para-hydroxylation sites is 1. The highest BCUT2D eigenvalue weighted by Crippen LogP contribution is 2.22. The number of allylic oxidation sites excluding steroid dienone is 1. The highest BCUT2D eigenvalue weighted by Gasteiger charge is 2.16. The molecule has 0 bridgehead atoms. The van der Waals surface area contributed by atoms with E-state index in [9.17, 15) is 4.79 Å². The van der Waals surface area contributed by atoms with Gasteiger partial charge in [0.2, 0.25) is 5.52 Å². The standard InChI is InChI=1S/C21H15BrNO2S/c1-2-11-23-17-5-3-4-6-19(17)26-20(23)10-7-14-13-25-18-9-8-15(22)12-16(18)21(14)24/h2-10,12-13H,1,11H2/q+1. The Kier molecular flexibility index (Phi) is 4.57. The van der Waals surface area contributed by atoms with Crippen molar-refractivity contribution in [3.8, 4) is 0 Å². The van der Waals surface area contributed by atoms with Crippen LogP contribution in [-0.4, -0.2) is 0 Å².